The minimum atomic E-state index is -1.59. The van der Waals surface area contributed by atoms with Crippen molar-refractivity contribution in [3.8, 4) is 0 Å². The SMILES string of the molecule is C=C(C)C(=O)OC1(C(C)O)CCCCOC1=O. The van der Waals surface area contributed by atoms with Crippen molar-refractivity contribution >= 4 is 11.9 Å². The van der Waals surface area contributed by atoms with Crippen molar-refractivity contribution in [2.24, 2.45) is 0 Å². The molecule has 0 aromatic rings. The van der Waals surface area contributed by atoms with Gasteiger partial charge in [-0.15, -0.1) is 0 Å². The normalized spacial score (nSPS) is 26.6. The number of carbonyl (C=O) groups excluding carboxylic acids is 2. The van der Waals surface area contributed by atoms with E-state index in [1.54, 1.807) is 0 Å². The zero-order valence-electron chi connectivity index (χ0n) is 10.2. The number of hydrogen-bond acceptors (Lipinski definition) is 5. The van der Waals surface area contributed by atoms with Crippen molar-refractivity contribution < 1.29 is 24.2 Å². The molecule has 0 bridgehead atoms. The number of aliphatic hydroxyl groups excluding tert-OH is 1. The lowest BCUT2D eigenvalue weighted by Gasteiger charge is -2.32. The first-order valence-electron chi connectivity index (χ1n) is 5.64. The first-order chi connectivity index (χ1) is 7.90. The van der Waals surface area contributed by atoms with Crippen LogP contribution in [0, 0.1) is 0 Å². The van der Waals surface area contributed by atoms with E-state index in [4.69, 9.17) is 9.47 Å². The van der Waals surface area contributed by atoms with E-state index in [0.717, 1.165) is 0 Å². The van der Waals surface area contributed by atoms with Crippen molar-refractivity contribution in [3.63, 3.8) is 0 Å². The van der Waals surface area contributed by atoms with Crippen LogP contribution in [0.15, 0.2) is 12.2 Å². The van der Waals surface area contributed by atoms with E-state index < -0.39 is 23.6 Å². The Bertz CT molecular complexity index is 334. The van der Waals surface area contributed by atoms with Gasteiger partial charge in [0.05, 0.1) is 6.61 Å². The van der Waals surface area contributed by atoms with Crippen LogP contribution in [0.25, 0.3) is 0 Å². The van der Waals surface area contributed by atoms with Gasteiger partial charge in [-0.2, -0.15) is 0 Å². The molecular formula is C12H18O5. The molecule has 2 atom stereocenters. The maximum atomic E-state index is 11.8. The Morgan fingerprint density at radius 2 is 2.24 bits per heavy atom. The number of cyclic esters (lactones) is 1. The summed E-state index contributed by atoms with van der Waals surface area (Å²) in [6.07, 6.45) is 0.504. The van der Waals surface area contributed by atoms with Gasteiger partial charge >= 0.3 is 11.9 Å². The highest BCUT2D eigenvalue weighted by molar-refractivity contribution is 5.91. The van der Waals surface area contributed by atoms with E-state index in [1.807, 2.05) is 0 Å². The molecule has 0 aromatic carbocycles. The number of esters is 2. The van der Waals surface area contributed by atoms with Crippen LogP contribution in [-0.4, -0.2) is 35.4 Å². The van der Waals surface area contributed by atoms with E-state index in [0.29, 0.717) is 12.8 Å². The number of carbonyl (C=O) groups is 2. The summed E-state index contributed by atoms with van der Waals surface area (Å²) in [4.78, 5) is 23.4. The van der Waals surface area contributed by atoms with Gasteiger partial charge in [0.15, 0.2) is 0 Å². The highest BCUT2D eigenvalue weighted by atomic mass is 16.6. The smallest absolute Gasteiger partial charge is 0.353 e. The molecule has 2 unspecified atom stereocenters. The molecule has 1 N–H and O–H groups in total. The predicted molar refractivity (Wildman–Crippen MR) is 60.1 cm³/mol. The summed E-state index contributed by atoms with van der Waals surface area (Å²) in [6.45, 7) is 6.64. The summed E-state index contributed by atoms with van der Waals surface area (Å²) in [6, 6.07) is 0. The highest BCUT2D eigenvalue weighted by Gasteiger charge is 2.49. The maximum absolute atomic E-state index is 11.8. The van der Waals surface area contributed by atoms with Crippen LogP contribution in [0.2, 0.25) is 0 Å². The van der Waals surface area contributed by atoms with Crippen molar-refractivity contribution in [1.29, 1.82) is 0 Å². The standard InChI is InChI=1S/C12H18O5/c1-8(2)10(14)17-12(9(3)13)6-4-5-7-16-11(12)15/h9,13H,1,4-7H2,2-3H3. The number of hydrogen-bond donors (Lipinski definition) is 1. The molecule has 96 valence electrons. The fourth-order valence-corrected chi connectivity index (χ4v) is 1.69. The van der Waals surface area contributed by atoms with Gasteiger partial charge in [-0.05, 0) is 26.7 Å². The molecular weight excluding hydrogens is 224 g/mol. The summed E-state index contributed by atoms with van der Waals surface area (Å²) in [5.41, 5.74) is -1.41. The molecule has 1 heterocycles. The summed E-state index contributed by atoms with van der Waals surface area (Å²) in [5.74, 6) is -1.37. The van der Waals surface area contributed by atoms with Gasteiger partial charge < -0.3 is 14.6 Å². The largest absolute Gasteiger partial charge is 0.463 e. The maximum Gasteiger partial charge on any atom is 0.353 e. The topological polar surface area (TPSA) is 72.8 Å². The Kier molecular flexibility index (Phi) is 4.28. The predicted octanol–water partition coefficient (Wildman–Crippen LogP) is 0.952. The van der Waals surface area contributed by atoms with Crippen LogP contribution in [0.1, 0.15) is 33.1 Å². The molecule has 0 radical (unpaired) electrons. The Hall–Kier alpha value is -1.36. The van der Waals surface area contributed by atoms with E-state index in [-0.39, 0.29) is 18.6 Å². The average molecular weight is 242 g/mol. The summed E-state index contributed by atoms with van der Waals surface area (Å²) >= 11 is 0. The molecule has 1 aliphatic heterocycles. The highest BCUT2D eigenvalue weighted by Crippen LogP contribution is 2.29. The molecule has 5 heteroatoms. The van der Waals surface area contributed by atoms with Crippen LogP contribution >= 0.6 is 0 Å². The van der Waals surface area contributed by atoms with Gasteiger partial charge in [0.1, 0.15) is 6.10 Å². The quantitative estimate of drug-likeness (QED) is 0.589. The van der Waals surface area contributed by atoms with E-state index in [2.05, 4.69) is 6.58 Å². The second-order valence-corrected chi connectivity index (χ2v) is 4.33. The van der Waals surface area contributed by atoms with Crippen molar-refractivity contribution in [1.82, 2.24) is 0 Å². The fourth-order valence-electron chi connectivity index (χ4n) is 1.69. The minimum Gasteiger partial charge on any atom is -0.463 e. The zero-order chi connectivity index (χ0) is 13.1. The second-order valence-electron chi connectivity index (χ2n) is 4.33. The van der Waals surface area contributed by atoms with E-state index >= 15 is 0 Å². The molecule has 17 heavy (non-hydrogen) atoms. The molecule has 1 aliphatic rings. The van der Waals surface area contributed by atoms with Crippen LogP contribution in [0.3, 0.4) is 0 Å². The van der Waals surface area contributed by atoms with Gasteiger partial charge in [-0.1, -0.05) is 6.58 Å². The summed E-state index contributed by atoms with van der Waals surface area (Å²) < 4.78 is 10.1. The monoisotopic (exact) mass is 242 g/mol. The Labute approximate surface area is 100 Å². The molecule has 1 saturated heterocycles. The molecule has 0 spiro atoms. The number of ether oxygens (including phenoxy) is 2. The Morgan fingerprint density at radius 1 is 1.59 bits per heavy atom. The van der Waals surface area contributed by atoms with E-state index in [1.165, 1.54) is 13.8 Å². The summed E-state index contributed by atoms with van der Waals surface area (Å²) in [5, 5.41) is 9.75. The van der Waals surface area contributed by atoms with Gasteiger partial charge in [-0.25, -0.2) is 9.59 Å². The third-order valence-electron chi connectivity index (χ3n) is 2.82. The second kappa shape index (κ2) is 5.31. The Morgan fingerprint density at radius 3 is 2.76 bits per heavy atom. The molecule has 0 saturated carbocycles. The summed E-state index contributed by atoms with van der Waals surface area (Å²) in [7, 11) is 0. The minimum absolute atomic E-state index is 0.182. The van der Waals surface area contributed by atoms with E-state index in [9.17, 15) is 14.7 Å². The van der Waals surface area contributed by atoms with Crippen LogP contribution in [-0.2, 0) is 19.1 Å². The average Bonchev–Trinajstić information content (AvgIpc) is 2.42. The molecule has 1 fully saturated rings. The molecule has 0 aliphatic carbocycles. The van der Waals surface area contributed by atoms with Crippen molar-refractivity contribution in [2.75, 3.05) is 6.61 Å². The van der Waals surface area contributed by atoms with Crippen LogP contribution in [0.4, 0.5) is 0 Å². The van der Waals surface area contributed by atoms with Crippen LogP contribution in [0.5, 0.6) is 0 Å². The lowest BCUT2D eigenvalue weighted by atomic mass is 9.91. The lowest BCUT2D eigenvalue weighted by molar-refractivity contribution is -0.192. The Balaban J connectivity index is 2.98. The first kappa shape index (κ1) is 13.7. The zero-order valence-corrected chi connectivity index (χ0v) is 10.2. The number of rotatable bonds is 3. The lowest BCUT2D eigenvalue weighted by Crippen LogP contribution is -2.52. The first-order valence-corrected chi connectivity index (χ1v) is 5.64. The molecule has 0 aromatic heterocycles. The third kappa shape index (κ3) is 2.85. The van der Waals surface area contributed by atoms with Gasteiger partial charge in [0.2, 0.25) is 5.60 Å². The molecule has 1 rings (SSSR count). The molecule has 0 amide bonds. The van der Waals surface area contributed by atoms with Crippen LogP contribution < -0.4 is 0 Å². The van der Waals surface area contributed by atoms with Gasteiger partial charge in [-0.3, -0.25) is 0 Å². The van der Waals surface area contributed by atoms with Crippen molar-refractivity contribution in [3.05, 3.63) is 12.2 Å². The number of aliphatic hydroxyl groups is 1. The fraction of sp³-hybridized carbons (Fsp3) is 0.667. The van der Waals surface area contributed by atoms with Crippen molar-refractivity contribution in [2.45, 2.75) is 44.8 Å². The van der Waals surface area contributed by atoms with Gasteiger partial charge in [0, 0.05) is 12.0 Å². The third-order valence-corrected chi connectivity index (χ3v) is 2.82. The van der Waals surface area contributed by atoms with Gasteiger partial charge in [0.25, 0.3) is 0 Å². The molecule has 5 nitrogen and oxygen atoms in total.